The summed E-state index contributed by atoms with van der Waals surface area (Å²) in [5, 5.41) is 9.58. The third-order valence-electron chi connectivity index (χ3n) is 2.86. The first-order valence-corrected chi connectivity index (χ1v) is 6.59. The number of nitrogens with two attached hydrogens (primary N) is 1. The summed E-state index contributed by atoms with van der Waals surface area (Å²) in [5.74, 6) is 0. The lowest BCUT2D eigenvalue weighted by molar-refractivity contribution is 0.183. The number of amides is 2. The van der Waals surface area contributed by atoms with Gasteiger partial charge in [0, 0.05) is 25.5 Å². The number of carbonyl (C=O) groups excluding carboxylic acids is 1. The molecule has 2 rings (SSSR count). The van der Waals surface area contributed by atoms with Gasteiger partial charge in [-0.25, -0.2) is 4.79 Å². The second-order valence-electron chi connectivity index (χ2n) is 4.47. The molecule has 1 heterocycles. The maximum absolute atomic E-state index is 11.9. The summed E-state index contributed by atoms with van der Waals surface area (Å²) in [4.78, 5) is 11.9. The van der Waals surface area contributed by atoms with Crippen LogP contribution in [0.15, 0.2) is 36.7 Å². The summed E-state index contributed by atoms with van der Waals surface area (Å²) in [7, 11) is 1.63. The molecular weight excluding hydrogens is 270 g/mol. The van der Waals surface area contributed by atoms with E-state index in [1.54, 1.807) is 24.2 Å². The summed E-state index contributed by atoms with van der Waals surface area (Å²) in [6.45, 7) is 1.69. The third kappa shape index (κ3) is 4.59. The van der Waals surface area contributed by atoms with Crippen LogP contribution >= 0.6 is 0 Å². The molecule has 0 spiro atoms. The van der Waals surface area contributed by atoms with Crippen LogP contribution in [-0.2, 0) is 17.8 Å². The van der Waals surface area contributed by atoms with Crippen molar-refractivity contribution in [1.82, 2.24) is 9.78 Å². The number of anilines is 2. The fourth-order valence-electron chi connectivity index (χ4n) is 1.75. The normalized spacial score (nSPS) is 10.4. The monoisotopic (exact) mass is 289 g/mol. The zero-order valence-corrected chi connectivity index (χ0v) is 11.9. The first-order chi connectivity index (χ1) is 10.2. The number of benzene rings is 1. The molecule has 0 aliphatic carbocycles. The highest BCUT2D eigenvalue weighted by Crippen LogP contribution is 2.10. The van der Waals surface area contributed by atoms with Crippen LogP contribution in [0.25, 0.3) is 0 Å². The fraction of sp³-hybridized carbons (Fsp3) is 0.286. The highest BCUT2D eigenvalue weighted by Gasteiger charge is 2.05. The van der Waals surface area contributed by atoms with Crippen LogP contribution < -0.4 is 16.4 Å². The zero-order valence-electron chi connectivity index (χ0n) is 11.9. The largest absolute Gasteiger partial charge is 0.383 e. The van der Waals surface area contributed by atoms with Gasteiger partial charge in [-0.3, -0.25) is 4.68 Å². The first kappa shape index (κ1) is 15.0. The van der Waals surface area contributed by atoms with Crippen LogP contribution in [0, 0.1) is 0 Å². The Morgan fingerprint density at radius 3 is 2.67 bits per heavy atom. The van der Waals surface area contributed by atoms with Gasteiger partial charge in [0.2, 0.25) is 0 Å². The molecule has 2 amide bonds. The molecule has 21 heavy (non-hydrogen) atoms. The number of hydrogen-bond donors (Lipinski definition) is 3. The van der Waals surface area contributed by atoms with E-state index in [1.807, 2.05) is 24.3 Å². The number of urea groups is 1. The van der Waals surface area contributed by atoms with E-state index in [0.29, 0.717) is 31.1 Å². The lowest BCUT2D eigenvalue weighted by Gasteiger charge is -2.06. The fourth-order valence-corrected chi connectivity index (χ4v) is 1.75. The van der Waals surface area contributed by atoms with E-state index >= 15 is 0 Å². The summed E-state index contributed by atoms with van der Waals surface area (Å²) in [6, 6.07) is 7.05. The van der Waals surface area contributed by atoms with E-state index in [2.05, 4.69) is 15.7 Å². The van der Waals surface area contributed by atoms with E-state index in [1.165, 1.54) is 0 Å². The predicted molar refractivity (Wildman–Crippen MR) is 81.1 cm³/mol. The van der Waals surface area contributed by atoms with E-state index in [-0.39, 0.29) is 6.03 Å². The van der Waals surface area contributed by atoms with Crippen LogP contribution in [0.3, 0.4) is 0 Å². The molecule has 0 saturated carbocycles. The van der Waals surface area contributed by atoms with Gasteiger partial charge in [0.15, 0.2) is 0 Å². The summed E-state index contributed by atoms with van der Waals surface area (Å²) in [5.41, 5.74) is 7.87. The highest BCUT2D eigenvalue weighted by molar-refractivity contribution is 5.99. The molecule has 2 aromatic rings. The predicted octanol–water partition coefficient (Wildman–Crippen LogP) is 1.63. The van der Waals surface area contributed by atoms with Crippen molar-refractivity contribution in [3.63, 3.8) is 0 Å². The molecule has 0 radical (unpaired) electrons. The average molecular weight is 289 g/mol. The SMILES string of the molecule is COCCn1cc(NC(=O)Nc2ccc(CN)cc2)cn1. The van der Waals surface area contributed by atoms with Gasteiger partial charge in [0.1, 0.15) is 0 Å². The molecule has 0 aliphatic heterocycles. The molecular formula is C14H19N5O2. The van der Waals surface area contributed by atoms with Gasteiger partial charge in [-0.05, 0) is 17.7 Å². The lowest BCUT2D eigenvalue weighted by Crippen LogP contribution is -2.19. The maximum Gasteiger partial charge on any atom is 0.323 e. The van der Waals surface area contributed by atoms with Crippen molar-refractivity contribution in [2.24, 2.45) is 5.73 Å². The van der Waals surface area contributed by atoms with Crippen molar-refractivity contribution < 1.29 is 9.53 Å². The van der Waals surface area contributed by atoms with Gasteiger partial charge >= 0.3 is 6.03 Å². The van der Waals surface area contributed by atoms with E-state index in [4.69, 9.17) is 10.5 Å². The van der Waals surface area contributed by atoms with Gasteiger partial charge in [-0.2, -0.15) is 5.10 Å². The third-order valence-corrected chi connectivity index (χ3v) is 2.86. The number of hydrogen-bond acceptors (Lipinski definition) is 4. The standard InChI is InChI=1S/C14H19N5O2/c1-21-7-6-19-10-13(9-16-19)18-14(20)17-12-4-2-11(8-15)3-5-12/h2-5,9-10H,6-8,15H2,1H3,(H2,17,18,20). The molecule has 1 aromatic carbocycles. The molecule has 0 fully saturated rings. The second kappa shape index (κ2) is 7.41. The van der Waals surface area contributed by atoms with Crippen molar-refractivity contribution in [2.45, 2.75) is 13.1 Å². The highest BCUT2D eigenvalue weighted by atomic mass is 16.5. The number of carbonyl (C=O) groups is 1. The van der Waals surface area contributed by atoms with E-state index < -0.39 is 0 Å². The molecule has 1 aromatic heterocycles. The minimum Gasteiger partial charge on any atom is -0.383 e. The van der Waals surface area contributed by atoms with Crippen molar-refractivity contribution in [3.8, 4) is 0 Å². The van der Waals surface area contributed by atoms with Gasteiger partial charge in [-0.1, -0.05) is 12.1 Å². The Kier molecular flexibility index (Phi) is 5.30. The first-order valence-electron chi connectivity index (χ1n) is 6.59. The zero-order chi connectivity index (χ0) is 15.1. The van der Waals surface area contributed by atoms with Gasteiger partial charge in [-0.15, -0.1) is 0 Å². The topological polar surface area (TPSA) is 94.2 Å². The molecule has 0 bridgehead atoms. The van der Waals surface area contributed by atoms with Crippen molar-refractivity contribution in [2.75, 3.05) is 24.4 Å². The molecule has 4 N–H and O–H groups in total. The lowest BCUT2D eigenvalue weighted by atomic mass is 10.2. The summed E-state index contributed by atoms with van der Waals surface area (Å²) >= 11 is 0. The summed E-state index contributed by atoms with van der Waals surface area (Å²) < 4.78 is 6.67. The van der Waals surface area contributed by atoms with Gasteiger partial charge < -0.3 is 21.1 Å². The minimum atomic E-state index is -0.318. The summed E-state index contributed by atoms with van der Waals surface area (Å²) in [6.07, 6.45) is 3.34. The van der Waals surface area contributed by atoms with Crippen molar-refractivity contribution in [1.29, 1.82) is 0 Å². The minimum absolute atomic E-state index is 0.318. The Hall–Kier alpha value is -2.38. The Balaban J connectivity index is 1.87. The molecule has 0 saturated heterocycles. The number of methoxy groups -OCH3 is 1. The van der Waals surface area contributed by atoms with Crippen molar-refractivity contribution >= 4 is 17.4 Å². The van der Waals surface area contributed by atoms with Gasteiger partial charge in [0.05, 0.1) is 25.0 Å². The number of rotatable bonds is 6. The quantitative estimate of drug-likeness (QED) is 0.753. The van der Waals surface area contributed by atoms with Crippen LogP contribution in [0.4, 0.5) is 16.2 Å². The maximum atomic E-state index is 11.9. The Morgan fingerprint density at radius 1 is 1.29 bits per heavy atom. The van der Waals surface area contributed by atoms with Crippen LogP contribution in [0.1, 0.15) is 5.56 Å². The molecule has 0 aliphatic rings. The van der Waals surface area contributed by atoms with Gasteiger partial charge in [0.25, 0.3) is 0 Å². The number of nitrogens with one attached hydrogen (secondary N) is 2. The number of aromatic nitrogens is 2. The van der Waals surface area contributed by atoms with Crippen LogP contribution in [-0.4, -0.2) is 29.5 Å². The Labute approximate surface area is 123 Å². The van der Waals surface area contributed by atoms with Crippen molar-refractivity contribution in [3.05, 3.63) is 42.2 Å². The molecule has 0 atom stereocenters. The second-order valence-corrected chi connectivity index (χ2v) is 4.47. The van der Waals surface area contributed by atoms with Crippen LogP contribution in [0.5, 0.6) is 0 Å². The molecule has 0 unspecified atom stereocenters. The van der Waals surface area contributed by atoms with E-state index in [0.717, 1.165) is 5.56 Å². The number of nitrogens with zero attached hydrogens (tertiary/aromatic N) is 2. The molecule has 112 valence electrons. The Bertz CT molecular complexity index is 579. The smallest absolute Gasteiger partial charge is 0.323 e. The molecule has 7 nitrogen and oxygen atoms in total. The van der Waals surface area contributed by atoms with E-state index in [9.17, 15) is 4.79 Å². The molecule has 7 heteroatoms. The number of ether oxygens (including phenoxy) is 1. The average Bonchev–Trinajstić information content (AvgIpc) is 2.93. The Morgan fingerprint density at radius 2 is 2.00 bits per heavy atom. The van der Waals surface area contributed by atoms with Crippen LogP contribution in [0.2, 0.25) is 0 Å².